The third-order valence-corrected chi connectivity index (χ3v) is 3.84. The van der Waals surface area contributed by atoms with Gasteiger partial charge in [-0.2, -0.15) is 4.39 Å². The Morgan fingerprint density at radius 1 is 1.09 bits per heavy atom. The molecule has 0 saturated heterocycles. The fraction of sp³-hybridized carbons (Fsp3) is 0.333. The second kappa shape index (κ2) is 6.34. The molecule has 0 aliphatic heterocycles. The quantitative estimate of drug-likeness (QED) is 0.795. The van der Waals surface area contributed by atoms with Gasteiger partial charge in [-0.15, -0.1) is 0 Å². The SMILES string of the molecule is CC1CC(Oc2cc(F)c(F)c(OCc3ccccc3)c2)C1. The fourth-order valence-corrected chi connectivity index (χ4v) is 2.57. The fourth-order valence-electron chi connectivity index (χ4n) is 2.57. The molecule has 0 amide bonds. The zero-order valence-corrected chi connectivity index (χ0v) is 12.4. The largest absolute Gasteiger partial charge is 0.490 e. The van der Waals surface area contributed by atoms with Crippen molar-refractivity contribution in [3.8, 4) is 11.5 Å². The molecule has 2 nitrogen and oxygen atoms in total. The van der Waals surface area contributed by atoms with Crippen molar-refractivity contribution in [3.63, 3.8) is 0 Å². The van der Waals surface area contributed by atoms with Crippen LogP contribution in [0.2, 0.25) is 0 Å². The van der Waals surface area contributed by atoms with E-state index in [0.29, 0.717) is 11.7 Å². The lowest BCUT2D eigenvalue weighted by atomic mass is 9.84. The molecule has 1 aliphatic rings. The smallest absolute Gasteiger partial charge is 0.200 e. The van der Waals surface area contributed by atoms with Gasteiger partial charge >= 0.3 is 0 Å². The van der Waals surface area contributed by atoms with Gasteiger partial charge in [0.05, 0.1) is 6.10 Å². The second-order valence-electron chi connectivity index (χ2n) is 5.81. The monoisotopic (exact) mass is 304 g/mol. The van der Waals surface area contributed by atoms with E-state index in [2.05, 4.69) is 6.92 Å². The van der Waals surface area contributed by atoms with Crippen LogP contribution in [0, 0.1) is 17.6 Å². The predicted octanol–water partition coefficient (Wildman–Crippen LogP) is 4.72. The molecule has 22 heavy (non-hydrogen) atoms. The van der Waals surface area contributed by atoms with E-state index in [-0.39, 0.29) is 18.5 Å². The van der Waals surface area contributed by atoms with Crippen molar-refractivity contribution in [1.82, 2.24) is 0 Å². The summed E-state index contributed by atoms with van der Waals surface area (Å²) in [5.41, 5.74) is 0.890. The predicted molar refractivity (Wildman–Crippen MR) is 79.9 cm³/mol. The average molecular weight is 304 g/mol. The highest BCUT2D eigenvalue weighted by Gasteiger charge is 2.27. The first-order chi connectivity index (χ1) is 10.6. The summed E-state index contributed by atoms with van der Waals surface area (Å²) in [7, 11) is 0. The summed E-state index contributed by atoms with van der Waals surface area (Å²) in [6.07, 6.45) is 1.97. The third kappa shape index (κ3) is 3.38. The van der Waals surface area contributed by atoms with Crippen molar-refractivity contribution in [2.75, 3.05) is 0 Å². The number of benzene rings is 2. The molecule has 1 aliphatic carbocycles. The standard InChI is InChI=1S/C18H18F2O2/c1-12-7-14(8-12)22-15-9-16(19)18(20)17(10-15)21-11-13-5-3-2-4-6-13/h2-6,9-10,12,14H,7-8,11H2,1H3. The zero-order valence-electron chi connectivity index (χ0n) is 12.4. The molecule has 0 atom stereocenters. The van der Waals surface area contributed by atoms with Crippen molar-refractivity contribution < 1.29 is 18.3 Å². The Labute approximate surface area is 128 Å². The van der Waals surface area contributed by atoms with E-state index in [4.69, 9.17) is 9.47 Å². The van der Waals surface area contributed by atoms with Crippen molar-refractivity contribution in [2.45, 2.75) is 32.5 Å². The first kappa shape index (κ1) is 14.8. The molecular formula is C18H18F2O2. The molecular weight excluding hydrogens is 286 g/mol. The van der Waals surface area contributed by atoms with Gasteiger partial charge in [-0.25, -0.2) is 4.39 Å². The van der Waals surface area contributed by atoms with Crippen molar-refractivity contribution >= 4 is 0 Å². The molecule has 1 fully saturated rings. The molecule has 0 unspecified atom stereocenters. The first-order valence-electron chi connectivity index (χ1n) is 7.44. The lowest BCUT2D eigenvalue weighted by Crippen LogP contribution is -2.31. The lowest BCUT2D eigenvalue weighted by molar-refractivity contribution is 0.0730. The van der Waals surface area contributed by atoms with E-state index in [1.54, 1.807) is 0 Å². The summed E-state index contributed by atoms with van der Waals surface area (Å²) < 4.78 is 38.6. The van der Waals surface area contributed by atoms with Gasteiger partial charge in [-0.3, -0.25) is 0 Å². The van der Waals surface area contributed by atoms with E-state index in [0.717, 1.165) is 24.5 Å². The Kier molecular flexibility index (Phi) is 4.27. The maximum absolute atomic E-state index is 13.8. The van der Waals surface area contributed by atoms with Crippen LogP contribution in [0.5, 0.6) is 11.5 Å². The van der Waals surface area contributed by atoms with E-state index >= 15 is 0 Å². The summed E-state index contributed by atoms with van der Waals surface area (Å²) >= 11 is 0. The van der Waals surface area contributed by atoms with E-state index in [1.165, 1.54) is 6.07 Å². The van der Waals surface area contributed by atoms with E-state index < -0.39 is 11.6 Å². The topological polar surface area (TPSA) is 18.5 Å². The molecule has 0 radical (unpaired) electrons. The number of rotatable bonds is 5. The molecule has 0 spiro atoms. The normalized spacial score (nSPS) is 20.3. The number of hydrogen-bond donors (Lipinski definition) is 0. The Bertz CT molecular complexity index is 637. The number of ether oxygens (including phenoxy) is 2. The van der Waals surface area contributed by atoms with Gasteiger partial charge in [0.2, 0.25) is 5.82 Å². The Balaban J connectivity index is 1.70. The van der Waals surface area contributed by atoms with Crippen molar-refractivity contribution in [3.05, 3.63) is 59.7 Å². The van der Waals surface area contributed by atoms with Gasteiger partial charge in [0, 0.05) is 12.1 Å². The van der Waals surface area contributed by atoms with Crippen LogP contribution >= 0.6 is 0 Å². The molecule has 1 saturated carbocycles. The minimum atomic E-state index is -0.981. The second-order valence-corrected chi connectivity index (χ2v) is 5.81. The average Bonchev–Trinajstić information content (AvgIpc) is 2.49. The molecule has 2 aromatic rings. The van der Waals surface area contributed by atoms with E-state index in [9.17, 15) is 8.78 Å². The van der Waals surface area contributed by atoms with Gasteiger partial charge in [-0.05, 0) is 24.3 Å². The van der Waals surface area contributed by atoms with Gasteiger partial charge in [-0.1, -0.05) is 37.3 Å². The maximum atomic E-state index is 13.8. The summed E-state index contributed by atoms with van der Waals surface area (Å²) in [6.45, 7) is 2.32. The van der Waals surface area contributed by atoms with Gasteiger partial charge in [0.15, 0.2) is 11.6 Å². The minimum Gasteiger partial charge on any atom is -0.490 e. The molecule has 0 N–H and O–H groups in total. The summed E-state index contributed by atoms with van der Waals surface area (Å²) in [4.78, 5) is 0. The summed E-state index contributed by atoms with van der Waals surface area (Å²) in [5.74, 6) is -1.10. The summed E-state index contributed by atoms with van der Waals surface area (Å²) in [6, 6.07) is 11.9. The van der Waals surface area contributed by atoms with Crippen molar-refractivity contribution in [2.24, 2.45) is 5.92 Å². The van der Waals surface area contributed by atoms with Crippen LogP contribution in [-0.4, -0.2) is 6.10 Å². The van der Waals surface area contributed by atoms with E-state index in [1.807, 2.05) is 30.3 Å². The molecule has 0 heterocycles. The molecule has 116 valence electrons. The van der Waals surface area contributed by atoms with Crippen LogP contribution in [0.25, 0.3) is 0 Å². The molecule has 0 bridgehead atoms. The van der Waals surface area contributed by atoms with Gasteiger partial charge in [0.25, 0.3) is 0 Å². The Hall–Kier alpha value is -2.10. The molecule has 3 rings (SSSR count). The highest BCUT2D eigenvalue weighted by molar-refractivity contribution is 5.36. The zero-order chi connectivity index (χ0) is 15.5. The maximum Gasteiger partial charge on any atom is 0.200 e. The van der Waals surface area contributed by atoms with Crippen LogP contribution in [0.15, 0.2) is 42.5 Å². The van der Waals surface area contributed by atoms with Crippen LogP contribution < -0.4 is 9.47 Å². The third-order valence-electron chi connectivity index (χ3n) is 3.84. The van der Waals surface area contributed by atoms with Gasteiger partial charge < -0.3 is 9.47 Å². The summed E-state index contributed by atoms with van der Waals surface area (Å²) in [5, 5.41) is 0. The number of hydrogen-bond acceptors (Lipinski definition) is 2. The molecule has 4 heteroatoms. The Morgan fingerprint density at radius 3 is 2.50 bits per heavy atom. The Morgan fingerprint density at radius 2 is 1.82 bits per heavy atom. The van der Waals surface area contributed by atoms with Crippen LogP contribution in [0.4, 0.5) is 8.78 Å². The first-order valence-corrected chi connectivity index (χ1v) is 7.44. The van der Waals surface area contributed by atoms with Crippen LogP contribution in [-0.2, 0) is 6.61 Å². The number of halogens is 2. The highest BCUT2D eigenvalue weighted by Crippen LogP contribution is 2.33. The molecule has 0 aromatic heterocycles. The highest BCUT2D eigenvalue weighted by atomic mass is 19.2. The lowest BCUT2D eigenvalue weighted by Gasteiger charge is -2.32. The minimum absolute atomic E-state index is 0.0850. The van der Waals surface area contributed by atoms with Crippen LogP contribution in [0.3, 0.4) is 0 Å². The van der Waals surface area contributed by atoms with Crippen molar-refractivity contribution in [1.29, 1.82) is 0 Å². The van der Waals surface area contributed by atoms with Crippen LogP contribution in [0.1, 0.15) is 25.3 Å². The molecule has 2 aromatic carbocycles. The van der Waals surface area contributed by atoms with Gasteiger partial charge in [0.1, 0.15) is 12.4 Å².